The molecule has 0 aromatic rings. The maximum Gasteiger partial charge on any atom is 0.00503 e. The van der Waals surface area contributed by atoms with E-state index in [0.717, 1.165) is 0 Å². The van der Waals surface area contributed by atoms with E-state index in [0.29, 0.717) is 5.41 Å². The van der Waals surface area contributed by atoms with Crippen LogP contribution in [0.2, 0.25) is 0 Å². The van der Waals surface area contributed by atoms with Crippen molar-refractivity contribution in [3.8, 4) is 0 Å². The second kappa shape index (κ2) is 3.57. The van der Waals surface area contributed by atoms with Crippen LogP contribution in [0.3, 0.4) is 0 Å². The van der Waals surface area contributed by atoms with Gasteiger partial charge in [-0.15, -0.1) is 0 Å². The van der Waals surface area contributed by atoms with Crippen molar-refractivity contribution in [1.29, 1.82) is 0 Å². The molecule has 1 heteroatoms. The highest BCUT2D eigenvalue weighted by atomic mass is 15.2. The highest BCUT2D eigenvalue weighted by Crippen LogP contribution is 2.37. The molecule has 0 bridgehead atoms. The molecule has 0 spiro atoms. The lowest BCUT2D eigenvalue weighted by atomic mass is 9.74. The molecule has 1 saturated heterocycles. The van der Waals surface area contributed by atoms with E-state index in [1.165, 1.54) is 38.9 Å². The van der Waals surface area contributed by atoms with E-state index in [2.05, 4.69) is 25.7 Å². The van der Waals surface area contributed by atoms with Crippen molar-refractivity contribution < 1.29 is 0 Å². The van der Waals surface area contributed by atoms with Crippen LogP contribution in [0.1, 0.15) is 40.0 Å². The number of hydrogen-bond acceptors (Lipinski definition) is 1. The van der Waals surface area contributed by atoms with Crippen molar-refractivity contribution in [2.45, 2.75) is 40.0 Å². The lowest BCUT2D eigenvalue weighted by Crippen LogP contribution is -2.55. The summed E-state index contributed by atoms with van der Waals surface area (Å²) in [7, 11) is 0. The van der Waals surface area contributed by atoms with Gasteiger partial charge < -0.3 is 4.90 Å². The van der Waals surface area contributed by atoms with Crippen LogP contribution in [0.25, 0.3) is 0 Å². The van der Waals surface area contributed by atoms with Crippen molar-refractivity contribution in [3.05, 3.63) is 0 Å². The number of likely N-dealkylation sites (tertiary alicyclic amines) is 1. The molecule has 0 unspecified atom stereocenters. The molecule has 0 atom stereocenters. The van der Waals surface area contributed by atoms with Gasteiger partial charge in [0.15, 0.2) is 0 Å². The molecule has 1 rings (SSSR count). The Morgan fingerprint density at radius 1 is 1.18 bits per heavy atom. The quantitative estimate of drug-likeness (QED) is 0.603. The van der Waals surface area contributed by atoms with E-state index >= 15 is 0 Å². The molecule has 1 aliphatic heterocycles. The Hall–Kier alpha value is -0.0400. The monoisotopic (exact) mass is 155 g/mol. The molecule has 0 amide bonds. The molecule has 1 heterocycles. The van der Waals surface area contributed by atoms with Crippen LogP contribution in [0.4, 0.5) is 0 Å². The molecular formula is C10H21N. The van der Waals surface area contributed by atoms with Gasteiger partial charge in [-0.25, -0.2) is 0 Å². The fraction of sp³-hybridized carbons (Fsp3) is 1.00. The molecule has 0 aliphatic carbocycles. The SMILES string of the molecule is CCCC1(CC)CN(CC)C1. The zero-order valence-electron chi connectivity index (χ0n) is 8.19. The standard InChI is InChI=1S/C10H21N/c1-4-7-10(5-2)8-11(6-3)9-10/h4-9H2,1-3H3. The first-order chi connectivity index (χ1) is 5.26. The second-order valence-electron chi connectivity index (χ2n) is 3.91. The Labute approximate surface area is 70.8 Å². The summed E-state index contributed by atoms with van der Waals surface area (Å²) in [5.74, 6) is 0. The Morgan fingerprint density at radius 2 is 1.82 bits per heavy atom. The zero-order valence-corrected chi connectivity index (χ0v) is 8.19. The first-order valence-electron chi connectivity index (χ1n) is 4.98. The van der Waals surface area contributed by atoms with Gasteiger partial charge in [0.25, 0.3) is 0 Å². The van der Waals surface area contributed by atoms with Gasteiger partial charge in [0.05, 0.1) is 0 Å². The zero-order chi connectivity index (χ0) is 8.32. The fourth-order valence-electron chi connectivity index (χ4n) is 2.21. The summed E-state index contributed by atoms with van der Waals surface area (Å²) in [6, 6.07) is 0. The largest absolute Gasteiger partial charge is 0.302 e. The third-order valence-electron chi connectivity index (χ3n) is 3.10. The maximum absolute atomic E-state index is 2.54. The molecule has 1 aliphatic rings. The highest BCUT2D eigenvalue weighted by Gasteiger charge is 2.39. The van der Waals surface area contributed by atoms with Crippen molar-refractivity contribution in [2.24, 2.45) is 5.41 Å². The van der Waals surface area contributed by atoms with Gasteiger partial charge in [-0.05, 0) is 24.8 Å². The highest BCUT2D eigenvalue weighted by molar-refractivity contribution is 4.92. The maximum atomic E-state index is 2.54. The van der Waals surface area contributed by atoms with Crippen molar-refractivity contribution >= 4 is 0 Å². The van der Waals surface area contributed by atoms with Crippen molar-refractivity contribution in [2.75, 3.05) is 19.6 Å². The lowest BCUT2D eigenvalue weighted by Gasteiger charge is -2.50. The van der Waals surface area contributed by atoms with Gasteiger partial charge in [-0.1, -0.05) is 27.2 Å². The first kappa shape index (κ1) is 9.05. The lowest BCUT2D eigenvalue weighted by molar-refractivity contribution is -0.00600. The topological polar surface area (TPSA) is 3.24 Å². The molecule has 0 aromatic carbocycles. The van der Waals surface area contributed by atoms with Gasteiger partial charge in [0, 0.05) is 13.1 Å². The normalized spacial score (nSPS) is 23.2. The van der Waals surface area contributed by atoms with E-state index in [1.807, 2.05) is 0 Å². The second-order valence-corrected chi connectivity index (χ2v) is 3.91. The van der Waals surface area contributed by atoms with E-state index in [-0.39, 0.29) is 0 Å². The minimum absolute atomic E-state index is 0.713. The smallest absolute Gasteiger partial charge is 0.00503 e. The fourth-order valence-corrected chi connectivity index (χ4v) is 2.21. The Balaban J connectivity index is 2.30. The summed E-state index contributed by atoms with van der Waals surface area (Å²) >= 11 is 0. The summed E-state index contributed by atoms with van der Waals surface area (Å²) in [5.41, 5.74) is 0.713. The summed E-state index contributed by atoms with van der Waals surface area (Å²) in [5, 5.41) is 0. The van der Waals surface area contributed by atoms with Crippen LogP contribution in [0.15, 0.2) is 0 Å². The van der Waals surface area contributed by atoms with Crippen LogP contribution in [0.5, 0.6) is 0 Å². The Bertz CT molecular complexity index is 114. The Kier molecular flexibility index (Phi) is 2.94. The average molecular weight is 155 g/mol. The van der Waals surface area contributed by atoms with Gasteiger partial charge in [0.2, 0.25) is 0 Å². The van der Waals surface area contributed by atoms with Gasteiger partial charge in [0.1, 0.15) is 0 Å². The number of nitrogens with zero attached hydrogens (tertiary/aromatic N) is 1. The van der Waals surface area contributed by atoms with Crippen LogP contribution in [0, 0.1) is 5.41 Å². The van der Waals surface area contributed by atoms with E-state index in [1.54, 1.807) is 0 Å². The summed E-state index contributed by atoms with van der Waals surface area (Å²) in [6.07, 6.45) is 4.16. The van der Waals surface area contributed by atoms with E-state index in [9.17, 15) is 0 Å². The van der Waals surface area contributed by atoms with Crippen molar-refractivity contribution in [3.63, 3.8) is 0 Å². The Morgan fingerprint density at radius 3 is 2.18 bits per heavy atom. The van der Waals surface area contributed by atoms with Gasteiger partial charge in [-0.3, -0.25) is 0 Å². The summed E-state index contributed by atoms with van der Waals surface area (Å²) in [4.78, 5) is 2.54. The number of hydrogen-bond donors (Lipinski definition) is 0. The molecule has 0 saturated carbocycles. The third-order valence-corrected chi connectivity index (χ3v) is 3.10. The van der Waals surface area contributed by atoms with Crippen LogP contribution in [-0.4, -0.2) is 24.5 Å². The summed E-state index contributed by atoms with van der Waals surface area (Å²) < 4.78 is 0. The molecular weight excluding hydrogens is 134 g/mol. The molecule has 66 valence electrons. The molecule has 0 aromatic heterocycles. The third kappa shape index (κ3) is 1.76. The minimum atomic E-state index is 0.713. The van der Waals surface area contributed by atoms with E-state index < -0.39 is 0 Å². The number of rotatable bonds is 4. The van der Waals surface area contributed by atoms with Crippen LogP contribution in [-0.2, 0) is 0 Å². The molecule has 0 radical (unpaired) electrons. The van der Waals surface area contributed by atoms with Gasteiger partial charge >= 0.3 is 0 Å². The molecule has 1 nitrogen and oxygen atoms in total. The van der Waals surface area contributed by atoms with Crippen molar-refractivity contribution in [1.82, 2.24) is 4.90 Å². The average Bonchev–Trinajstić information content (AvgIpc) is 1.96. The molecule has 1 fully saturated rings. The first-order valence-corrected chi connectivity index (χ1v) is 4.98. The molecule has 11 heavy (non-hydrogen) atoms. The predicted octanol–water partition coefficient (Wildman–Crippen LogP) is 2.52. The summed E-state index contributed by atoms with van der Waals surface area (Å²) in [6.45, 7) is 10.8. The van der Waals surface area contributed by atoms with Crippen LogP contribution < -0.4 is 0 Å². The van der Waals surface area contributed by atoms with E-state index in [4.69, 9.17) is 0 Å². The minimum Gasteiger partial charge on any atom is -0.302 e. The molecule has 0 N–H and O–H groups in total. The predicted molar refractivity (Wildman–Crippen MR) is 49.7 cm³/mol. The van der Waals surface area contributed by atoms with Gasteiger partial charge in [-0.2, -0.15) is 0 Å². The van der Waals surface area contributed by atoms with Crippen LogP contribution >= 0.6 is 0 Å².